The van der Waals surface area contributed by atoms with Gasteiger partial charge in [0.25, 0.3) is 0 Å². The molecule has 0 radical (unpaired) electrons. The predicted molar refractivity (Wildman–Crippen MR) is 61.6 cm³/mol. The monoisotopic (exact) mass is 216 g/mol. The molecule has 0 heterocycles. The van der Waals surface area contributed by atoms with Crippen LogP contribution < -0.4 is 5.73 Å². The van der Waals surface area contributed by atoms with Crippen LogP contribution in [0.5, 0.6) is 0 Å². The van der Waals surface area contributed by atoms with Crippen molar-refractivity contribution in [3.05, 3.63) is 0 Å². The molecule has 90 valence electrons. The van der Waals surface area contributed by atoms with Crippen LogP contribution in [0.2, 0.25) is 0 Å². The molecule has 0 aliphatic carbocycles. The number of likely N-dealkylation sites (N-methyl/N-ethyl adjacent to an activating group) is 1. The first-order valence-corrected chi connectivity index (χ1v) is 5.21. The summed E-state index contributed by atoms with van der Waals surface area (Å²) < 4.78 is 5.42. The second-order valence-electron chi connectivity index (χ2n) is 5.37. The van der Waals surface area contributed by atoms with E-state index in [1.54, 1.807) is 11.9 Å². The topological polar surface area (TPSA) is 55.6 Å². The summed E-state index contributed by atoms with van der Waals surface area (Å²) in [4.78, 5) is 13.4. The summed E-state index contributed by atoms with van der Waals surface area (Å²) in [6.07, 6.45) is 0. The summed E-state index contributed by atoms with van der Waals surface area (Å²) in [7, 11) is 1.75. The minimum Gasteiger partial charge on any atom is -0.366 e. The van der Waals surface area contributed by atoms with Crippen LogP contribution in [-0.4, -0.2) is 42.1 Å². The molecule has 0 aliphatic rings. The number of nitrogens with two attached hydrogens (primary N) is 1. The van der Waals surface area contributed by atoms with Crippen molar-refractivity contribution in [2.45, 2.75) is 45.8 Å². The van der Waals surface area contributed by atoms with Gasteiger partial charge in [-0.2, -0.15) is 0 Å². The molecule has 0 atom stereocenters. The molecule has 0 aromatic rings. The first-order chi connectivity index (χ1) is 6.60. The van der Waals surface area contributed by atoms with Gasteiger partial charge in [-0.3, -0.25) is 4.79 Å². The number of amides is 1. The van der Waals surface area contributed by atoms with Crippen LogP contribution >= 0.6 is 0 Å². The fourth-order valence-corrected chi connectivity index (χ4v) is 0.850. The molecule has 0 unspecified atom stereocenters. The standard InChI is InChI=1S/C11H24N2O2/c1-10(2,3)15-7-9(14)13(6)11(4,5)8-12/h7-8,12H2,1-6H3. The minimum atomic E-state index is -0.321. The largest absolute Gasteiger partial charge is 0.366 e. The minimum absolute atomic E-state index is 0.0413. The molecule has 0 saturated heterocycles. The van der Waals surface area contributed by atoms with Gasteiger partial charge in [-0.05, 0) is 34.6 Å². The van der Waals surface area contributed by atoms with Crippen LogP contribution in [0.15, 0.2) is 0 Å². The van der Waals surface area contributed by atoms with E-state index >= 15 is 0 Å². The van der Waals surface area contributed by atoms with Gasteiger partial charge in [0, 0.05) is 19.1 Å². The third-order valence-electron chi connectivity index (χ3n) is 2.41. The normalized spacial score (nSPS) is 12.7. The average molecular weight is 216 g/mol. The lowest BCUT2D eigenvalue weighted by molar-refractivity contribution is -0.144. The zero-order valence-corrected chi connectivity index (χ0v) is 10.8. The first-order valence-electron chi connectivity index (χ1n) is 5.21. The maximum Gasteiger partial charge on any atom is 0.248 e. The molecule has 0 aromatic carbocycles. The van der Waals surface area contributed by atoms with Crippen molar-refractivity contribution in [2.24, 2.45) is 5.73 Å². The molecular formula is C11H24N2O2. The lowest BCUT2D eigenvalue weighted by Gasteiger charge is -2.35. The van der Waals surface area contributed by atoms with Gasteiger partial charge < -0.3 is 15.4 Å². The van der Waals surface area contributed by atoms with E-state index in [4.69, 9.17) is 10.5 Å². The summed E-state index contributed by atoms with van der Waals surface area (Å²) in [5.74, 6) is -0.0413. The van der Waals surface area contributed by atoms with E-state index in [9.17, 15) is 4.79 Å². The first kappa shape index (κ1) is 14.4. The lowest BCUT2D eigenvalue weighted by Crippen LogP contribution is -2.51. The van der Waals surface area contributed by atoms with E-state index in [0.29, 0.717) is 6.54 Å². The SMILES string of the molecule is CN(C(=O)COC(C)(C)C)C(C)(C)CN. The molecule has 0 bridgehead atoms. The fourth-order valence-electron chi connectivity index (χ4n) is 0.850. The number of hydrogen-bond acceptors (Lipinski definition) is 3. The van der Waals surface area contributed by atoms with Crippen molar-refractivity contribution in [3.8, 4) is 0 Å². The Morgan fingerprint density at radius 3 is 2.07 bits per heavy atom. The third kappa shape index (κ3) is 5.14. The van der Waals surface area contributed by atoms with Crippen molar-refractivity contribution >= 4 is 5.91 Å². The second-order valence-corrected chi connectivity index (χ2v) is 5.37. The van der Waals surface area contributed by atoms with Crippen LogP contribution in [0.25, 0.3) is 0 Å². The Bertz CT molecular complexity index is 219. The summed E-state index contributed by atoms with van der Waals surface area (Å²) in [5, 5.41) is 0. The summed E-state index contributed by atoms with van der Waals surface area (Å²) in [6.45, 7) is 10.2. The van der Waals surface area contributed by atoms with Gasteiger partial charge >= 0.3 is 0 Å². The predicted octanol–water partition coefficient (Wildman–Crippen LogP) is 0.997. The number of carbonyl (C=O) groups excluding carboxylic acids is 1. The summed E-state index contributed by atoms with van der Waals surface area (Å²) in [6, 6.07) is 0. The number of carbonyl (C=O) groups is 1. The van der Waals surface area contributed by atoms with Crippen LogP contribution in [0, 0.1) is 0 Å². The van der Waals surface area contributed by atoms with Gasteiger partial charge in [-0.25, -0.2) is 0 Å². The number of ether oxygens (including phenoxy) is 1. The van der Waals surface area contributed by atoms with Crippen LogP contribution in [0.3, 0.4) is 0 Å². The maximum atomic E-state index is 11.7. The fraction of sp³-hybridized carbons (Fsp3) is 0.909. The molecule has 15 heavy (non-hydrogen) atoms. The molecule has 4 heteroatoms. The van der Waals surface area contributed by atoms with E-state index in [0.717, 1.165) is 0 Å². The van der Waals surface area contributed by atoms with Gasteiger partial charge in [-0.15, -0.1) is 0 Å². The van der Waals surface area contributed by atoms with Crippen molar-refractivity contribution in [2.75, 3.05) is 20.2 Å². The van der Waals surface area contributed by atoms with Crippen molar-refractivity contribution in [1.29, 1.82) is 0 Å². The van der Waals surface area contributed by atoms with Crippen LogP contribution in [0.1, 0.15) is 34.6 Å². The highest BCUT2D eigenvalue weighted by Gasteiger charge is 2.26. The van der Waals surface area contributed by atoms with Crippen molar-refractivity contribution in [3.63, 3.8) is 0 Å². The third-order valence-corrected chi connectivity index (χ3v) is 2.41. The Labute approximate surface area is 92.8 Å². The Morgan fingerprint density at radius 2 is 1.73 bits per heavy atom. The molecule has 0 saturated carbocycles. The molecule has 0 aromatic heterocycles. The van der Waals surface area contributed by atoms with E-state index in [1.165, 1.54) is 0 Å². The molecule has 1 amide bonds. The summed E-state index contributed by atoms with van der Waals surface area (Å²) >= 11 is 0. The van der Waals surface area contributed by atoms with Crippen LogP contribution in [0.4, 0.5) is 0 Å². The molecular weight excluding hydrogens is 192 g/mol. The number of nitrogens with zero attached hydrogens (tertiary/aromatic N) is 1. The van der Waals surface area contributed by atoms with Gasteiger partial charge in [-0.1, -0.05) is 0 Å². The Balaban J connectivity index is 4.23. The average Bonchev–Trinajstić information content (AvgIpc) is 2.11. The van der Waals surface area contributed by atoms with Crippen molar-refractivity contribution in [1.82, 2.24) is 4.90 Å². The molecule has 0 fully saturated rings. The van der Waals surface area contributed by atoms with E-state index in [-0.39, 0.29) is 23.7 Å². The highest BCUT2D eigenvalue weighted by molar-refractivity contribution is 5.78. The molecule has 0 aliphatic heterocycles. The van der Waals surface area contributed by atoms with Gasteiger partial charge in [0.15, 0.2) is 0 Å². The molecule has 2 N–H and O–H groups in total. The highest BCUT2D eigenvalue weighted by atomic mass is 16.5. The highest BCUT2D eigenvalue weighted by Crippen LogP contribution is 2.12. The van der Waals surface area contributed by atoms with Gasteiger partial charge in [0.05, 0.1) is 5.60 Å². The maximum absolute atomic E-state index is 11.7. The number of rotatable bonds is 4. The quantitative estimate of drug-likeness (QED) is 0.762. The molecule has 4 nitrogen and oxygen atoms in total. The van der Waals surface area contributed by atoms with Gasteiger partial charge in [0.1, 0.15) is 6.61 Å². The van der Waals surface area contributed by atoms with Crippen LogP contribution in [-0.2, 0) is 9.53 Å². The van der Waals surface area contributed by atoms with Gasteiger partial charge in [0.2, 0.25) is 5.91 Å². The van der Waals surface area contributed by atoms with E-state index in [2.05, 4.69) is 0 Å². The summed E-state index contributed by atoms with van der Waals surface area (Å²) in [5.41, 5.74) is 4.98. The zero-order valence-electron chi connectivity index (χ0n) is 10.8. The lowest BCUT2D eigenvalue weighted by atomic mass is 10.0. The van der Waals surface area contributed by atoms with E-state index in [1.807, 2.05) is 34.6 Å². The second kappa shape index (κ2) is 4.94. The smallest absolute Gasteiger partial charge is 0.248 e. The van der Waals surface area contributed by atoms with Crippen molar-refractivity contribution < 1.29 is 9.53 Å². The Kier molecular flexibility index (Phi) is 4.74. The number of hydrogen-bond donors (Lipinski definition) is 1. The molecule has 0 spiro atoms. The Hall–Kier alpha value is -0.610. The zero-order chi connectivity index (χ0) is 12.3. The Morgan fingerprint density at radius 1 is 1.27 bits per heavy atom. The molecule has 0 rings (SSSR count). The van der Waals surface area contributed by atoms with E-state index < -0.39 is 0 Å².